The molecule has 3 rings (SSSR count). The van der Waals surface area contributed by atoms with Crippen LogP contribution in [-0.4, -0.2) is 32.1 Å². The number of aromatic nitrogens is 3. The van der Waals surface area contributed by atoms with E-state index in [9.17, 15) is 4.79 Å². The van der Waals surface area contributed by atoms with Crippen LogP contribution in [0.15, 0.2) is 70.9 Å². The molecule has 7 heteroatoms. The molecule has 1 N–H and O–H groups in total. The second-order valence-corrected chi connectivity index (χ2v) is 6.75. The van der Waals surface area contributed by atoms with Crippen LogP contribution >= 0.6 is 11.8 Å². The van der Waals surface area contributed by atoms with Crippen LogP contribution in [0.4, 0.5) is 0 Å². The number of nitrogens with zero attached hydrogens (tertiary/aromatic N) is 4. The second-order valence-electron chi connectivity index (χ2n) is 5.80. The van der Waals surface area contributed by atoms with Gasteiger partial charge >= 0.3 is 0 Å². The van der Waals surface area contributed by atoms with Gasteiger partial charge in [-0.25, -0.2) is 5.43 Å². The number of amides is 1. The van der Waals surface area contributed by atoms with E-state index < -0.39 is 0 Å². The van der Waals surface area contributed by atoms with E-state index in [1.54, 1.807) is 0 Å². The standard InChI is InChI=1S/C20H21N5OS/c1-3-25-19(17-12-8-5-9-13-17)23-24-20(25)27-14-18(26)22-21-15(2)16-10-6-4-7-11-16/h4-13H,3,14H2,1-2H3,(H,22,26)/b21-15+. The van der Waals surface area contributed by atoms with Crippen molar-refractivity contribution in [3.05, 3.63) is 66.2 Å². The van der Waals surface area contributed by atoms with E-state index in [-0.39, 0.29) is 11.7 Å². The van der Waals surface area contributed by atoms with Crippen molar-refractivity contribution in [2.45, 2.75) is 25.5 Å². The van der Waals surface area contributed by atoms with Crippen LogP contribution < -0.4 is 5.43 Å². The van der Waals surface area contributed by atoms with E-state index >= 15 is 0 Å². The number of rotatable bonds is 7. The van der Waals surface area contributed by atoms with Gasteiger partial charge in [-0.05, 0) is 19.4 Å². The minimum absolute atomic E-state index is 0.179. The monoisotopic (exact) mass is 379 g/mol. The Labute approximate surface area is 162 Å². The Kier molecular flexibility index (Phi) is 6.38. The summed E-state index contributed by atoms with van der Waals surface area (Å²) < 4.78 is 2.01. The molecule has 2 aromatic carbocycles. The summed E-state index contributed by atoms with van der Waals surface area (Å²) in [4.78, 5) is 12.1. The predicted molar refractivity (Wildman–Crippen MR) is 109 cm³/mol. The molecule has 1 aromatic heterocycles. The molecule has 0 radical (unpaired) electrons. The van der Waals surface area contributed by atoms with Crippen LogP contribution in [0.2, 0.25) is 0 Å². The Morgan fingerprint density at radius 1 is 1.07 bits per heavy atom. The first-order valence-corrected chi connectivity index (χ1v) is 9.67. The molecule has 138 valence electrons. The SMILES string of the molecule is CCn1c(SCC(=O)N/N=C(\C)c2ccccc2)nnc1-c1ccccc1. The van der Waals surface area contributed by atoms with Crippen molar-refractivity contribution in [3.8, 4) is 11.4 Å². The summed E-state index contributed by atoms with van der Waals surface area (Å²) in [7, 11) is 0. The van der Waals surface area contributed by atoms with Gasteiger partial charge in [0, 0.05) is 12.1 Å². The average molecular weight is 379 g/mol. The number of carbonyl (C=O) groups excluding carboxylic acids is 1. The lowest BCUT2D eigenvalue weighted by molar-refractivity contribution is -0.118. The third kappa shape index (κ3) is 4.83. The summed E-state index contributed by atoms with van der Waals surface area (Å²) in [5, 5.41) is 13.4. The zero-order valence-corrected chi connectivity index (χ0v) is 16.1. The molecule has 0 unspecified atom stereocenters. The van der Waals surface area contributed by atoms with Crippen LogP contribution in [0.25, 0.3) is 11.4 Å². The van der Waals surface area contributed by atoms with E-state index in [4.69, 9.17) is 0 Å². The molecule has 0 bridgehead atoms. The summed E-state index contributed by atoms with van der Waals surface area (Å²) >= 11 is 1.35. The number of thioether (sulfide) groups is 1. The highest BCUT2D eigenvalue weighted by Gasteiger charge is 2.14. The highest BCUT2D eigenvalue weighted by molar-refractivity contribution is 7.99. The van der Waals surface area contributed by atoms with Crippen LogP contribution in [-0.2, 0) is 11.3 Å². The quantitative estimate of drug-likeness (QED) is 0.387. The zero-order chi connectivity index (χ0) is 19.1. The molecule has 3 aromatic rings. The fourth-order valence-electron chi connectivity index (χ4n) is 2.53. The van der Waals surface area contributed by atoms with Gasteiger partial charge in [0.1, 0.15) is 0 Å². The van der Waals surface area contributed by atoms with Crippen molar-refractivity contribution < 1.29 is 4.79 Å². The number of hydrazone groups is 1. The van der Waals surface area contributed by atoms with Gasteiger partial charge < -0.3 is 4.57 Å². The maximum Gasteiger partial charge on any atom is 0.250 e. The van der Waals surface area contributed by atoms with E-state index in [2.05, 4.69) is 20.7 Å². The minimum atomic E-state index is -0.179. The molecular formula is C20H21N5OS. The molecule has 0 aliphatic carbocycles. The number of benzene rings is 2. The van der Waals surface area contributed by atoms with Gasteiger partial charge in [-0.2, -0.15) is 5.10 Å². The topological polar surface area (TPSA) is 72.2 Å². The lowest BCUT2D eigenvalue weighted by Gasteiger charge is -2.07. The van der Waals surface area contributed by atoms with Crippen LogP contribution in [0.3, 0.4) is 0 Å². The normalized spacial score (nSPS) is 11.4. The van der Waals surface area contributed by atoms with Gasteiger partial charge in [-0.15, -0.1) is 10.2 Å². The van der Waals surface area contributed by atoms with Crippen molar-refractivity contribution >= 4 is 23.4 Å². The minimum Gasteiger partial charge on any atom is -0.302 e. The van der Waals surface area contributed by atoms with Crippen molar-refractivity contribution in [3.63, 3.8) is 0 Å². The van der Waals surface area contributed by atoms with Gasteiger partial charge in [0.15, 0.2) is 11.0 Å². The summed E-state index contributed by atoms with van der Waals surface area (Å²) in [6.07, 6.45) is 0. The van der Waals surface area contributed by atoms with Crippen molar-refractivity contribution in [1.82, 2.24) is 20.2 Å². The molecule has 0 saturated heterocycles. The molecule has 0 fully saturated rings. The molecule has 1 heterocycles. The van der Waals surface area contributed by atoms with Gasteiger partial charge in [-0.1, -0.05) is 72.4 Å². The summed E-state index contributed by atoms with van der Waals surface area (Å²) in [5.74, 6) is 0.847. The van der Waals surface area contributed by atoms with Crippen molar-refractivity contribution in [1.29, 1.82) is 0 Å². The Bertz CT molecular complexity index is 922. The molecule has 0 aliphatic heterocycles. The van der Waals surface area contributed by atoms with Crippen molar-refractivity contribution in [2.75, 3.05) is 5.75 Å². The van der Waals surface area contributed by atoms with Crippen LogP contribution in [0.1, 0.15) is 19.4 Å². The summed E-state index contributed by atoms with van der Waals surface area (Å²) in [6.45, 7) is 4.63. The molecule has 0 atom stereocenters. The smallest absolute Gasteiger partial charge is 0.250 e. The fourth-order valence-corrected chi connectivity index (χ4v) is 3.33. The lowest BCUT2D eigenvalue weighted by Crippen LogP contribution is -2.21. The molecule has 27 heavy (non-hydrogen) atoms. The predicted octanol–water partition coefficient (Wildman–Crippen LogP) is 3.60. The molecule has 0 aliphatic rings. The Morgan fingerprint density at radius 2 is 1.74 bits per heavy atom. The first-order chi connectivity index (χ1) is 13.2. The lowest BCUT2D eigenvalue weighted by atomic mass is 10.1. The first kappa shape index (κ1) is 18.8. The Morgan fingerprint density at radius 3 is 2.41 bits per heavy atom. The molecule has 0 saturated carbocycles. The van der Waals surface area contributed by atoms with Gasteiger partial charge in [0.25, 0.3) is 5.91 Å². The largest absolute Gasteiger partial charge is 0.302 e. The van der Waals surface area contributed by atoms with E-state index in [1.165, 1.54) is 11.8 Å². The second kappa shape index (κ2) is 9.14. The number of hydrogen-bond acceptors (Lipinski definition) is 5. The van der Waals surface area contributed by atoms with E-state index in [1.807, 2.05) is 79.1 Å². The molecule has 1 amide bonds. The third-order valence-corrected chi connectivity index (χ3v) is 4.90. The Hall–Kier alpha value is -2.93. The zero-order valence-electron chi connectivity index (χ0n) is 15.3. The maximum absolute atomic E-state index is 12.1. The van der Waals surface area contributed by atoms with Gasteiger partial charge in [0.05, 0.1) is 11.5 Å². The fraction of sp³-hybridized carbons (Fsp3) is 0.200. The van der Waals surface area contributed by atoms with E-state index in [0.29, 0.717) is 0 Å². The van der Waals surface area contributed by atoms with Crippen molar-refractivity contribution in [2.24, 2.45) is 5.10 Å². The average Bonchev–Trinajstić information content (AvgIpc) is 3.14. The van der Waals surface area contributed by atoms with Gasteiger partial charge in [0.2, 0.25) is 0 Å². The number of carbonyl (C=O) groups is 1. The number of nitrogens with one attached hydrogen (secondary N) is 1. The summed E-state index contributed by atoms with van der Waals surface area (Å²) in [5.41, 5.74) is 5.34. The Balaban J connectivity index is 1.62. The van der Waals surface area contributed by atoms with Gasteiger partial charge in [-0.3, -0.25) is 4.79 Å². The molecular weight excluding hydrogens is 358 g/mol. The first-order valence-electron chi connectivity index (χ1n) is 8.69. The van der Waals surface area contributed by atoms with E-state index in [0.717, 1.165) is 34.4 Å². The highest BCUT2D eigenvalue weighted by Crippen LogP contribution is 2.23. The van der Waals surface area contributed by atoms with Crippen LogP contribution in [0, 0.1) is 0 Å². The summed E-state index contributed by atoms with van der Waals surface area (Å²) in [6, 6.07) is 19.6. The molecule has 0 spiro atoms. The number of hydrogen-bond donors (Lipinski definition) is 1. The third-order valence-electron chi connectivity index (χ3n) is 3.94. The van der Waals surface area contributed by atoms with Crippen LogP contribution in [0.5, 0.6) is 0 Å². The maximum atomic E-state index is 12.1. The highest BCUT2D eigenvalue weighted by atomic mass is 32.2. The molecule has 6 nitrogen and oxygen atoms in total.